The fourth-order valence-electron chi connectivity index (χ4n) is 2.06. The van der Waals surface area contributed by atoms with E-state index in [4.69, 9.17) is 5.11 Å². The average Bonchev–Trinajstić information content (AvgIpc) is 2.71. The van der Waals surface area contributed by atoms with Crippen molar-refractivity contribution in [3.8, 4) is 0 Å². The lowest BCUT2D eigenvalue weighted by atomic mass is 10.1. The van der Waals surface area contributed by atoms with E-state index < -0.39 is 11.2 Å². The second-order valence-corrected chi connectivity index (χ2v) is 5.68. The number of aryl methyl sites for hydroxylation is 1. The molecule has 1 aromatic carbocycles. The van der Waals surface area contributed by atoms with Gasteiger partial charge in [-0.05, 0) is 24.1 Å². The van der Waals surface area contributed by atoms with Crippen molar-refractivity contribution in [3.05, 3.63) is 29.8 Å². The van der Waals surface area contributed by atoms with Crippen molar-refractivity contribution in [2.75, 3.05) is 10.7 Å². The van der Waals surface area contributed by atoms with Crippen molar-refractivity contribution in [1.82, 2.24) is 0 Å². The summed E-state index contributed by atoms with van der Waals surface area (Å²) < 4.78 is 0. The van der Waals surface area contributed by atoms with Gasteiger partial charge in [0, 0.05) is 6.42 Å². The molecule has 0 aliphatic carbocycles. The Bertz CT molecular complexity index is 541. The summed E-state index contributed by atoms with van der Waals surface area (Å²) >= 11 is 0.998. The van der Waals surface area contributed by atoms with Gasteiger partial charge in [0.2, 0.25) is 11.8 Å². The lowest BCUT2D eigenvalue weighted by Crippen LogP contribution is -2.31. The van der Waals surface area contributed by atoms with Crippen molar-refractivity contribution < 1.29 is 19.5 Å². The second-order valence-electron chi connectivity index (χ2n) is 4.48. The molecular weight excluding hydrogens is 278 g/mol. The van der Waals surface area contributed by atoms with Gasteiger partial charge in [-0.25, -0.2) is 4.90 Å². The molecule has 0 bridgehead atoms. The van der Waals surface area contributed by atoms with Crippen molar-refractivity contribution in [1.29, 1.82) is 0 Å². The third-order valence-corrected chi connectivity index (χ3v) is 4.30. The predicted molar refractivity (Wildman–Crippen MR) is 76.8 cm³/mol. The van der Waals surface area contributed by atoms with Crippen LogP contribution in [0.25, 0.3) is 0 Å². The van der Waals surface area contributed by atoms with E-state index in [9.17, 15) is 14.4 Å². The summed E-state index contributed by atoms with van der Waals surface area (Å²) in [5.41, 5.74) is 1.68. The number of nitrogens with zero attached hydrogens (tertiary/aromatic N) is 1. The maximum Gasteiger partial charge on any atom is 0.313 e. The van der Waals surface area contributed by atoms with Crippen LogP contribution in [0.5, 0.6) is 0 Å². The van der Waals surface area contributed by atoms with Crippen LogP contribution in [0.3, 0.4) is 0 Å². The number of aliphatic carboxylic acids is 1. The minimum absolute atomic E-state index is 0.0618. The minimum atomic E-state index is -0.985. The molecule has 1 heterocycles. The van der Waals surface area contributed by atoms with E-state index in [2.05, 4.69) is 0 Å². The molecule has 0 radical (unpaired) electrons. The molecule has 2 amide bonds. The first-order valence-electron chi connectivity index (χ1n) is 6.32. The van der Waals surface area contributed by atoms with Gasteiger partial charge in [-0.2, -0.15) is 0 Å². The Kier molecular flexibility index (Phi) is 4.44. The molecule has 0 unspecified atom stereocenters. The summed E-state index contributed by atoms with van der Waals surface area (Å²) in [7, 11) is 0. The Morgan fingerprint density at radius 3 is 2.55 bits per heavy atom. The van der Waals surface area contributed by atoms with Crippen molar-refractivity contribution >= 4 is 35.2 Å². The van der Waals surface area contributed by atoms with Gasteiger partial charge < -0.3 is 5.11 Å². The van der Waals surface area contributed by atoms with Crippen molar-refractivity contribution in [2.24, 2.45) is 0 Å². The summed E-state index contributed by atoms with van der Waals surface area (Å²) in [6, 6.07) is 7.26. The fraction of sp³-hybridized carbons (Fsp3) is 0.357. The molecule has 1 fully saturated rings. The minimum Gasteiger partial charge on any atom is -0.481 e. The molecule has 1 aromatic rings. The van der Waals surface area contributed by atoms with Crippen LogP contribution in [0.15, 0.2) is 24.3 Å². The van der Waals surface area contributed by atoms with Gasteiger partial charge in [0.15, 0.2) is 0 Å². The second kappa shape index (κ2) is 6.09. The van der Waals surface area contributed by atoms with E-state index in [1.807, 2.05) is 19.1 Å². The Labute approximate surface area is 121 Å². The molecule has 106 valence electrons. The first kappa shape index (κ1) is 14.6. The van der Waals surface area contributed by atoms with Crippen LogP contribution in [0.2, 0.25) is 0 Å². The van der Waals surface area contributed by atoms with E-state index in [0.717, 1.165) is 28.6 Å². The number of hydrogen-bond donors (Lipinski definition) is 1. The van der Waals surface area contributed by atoms with Gasteiger partial charge in [-0.15, -0.1) is 11.8 Å². The van der Waals surface area contributed by atoms with Gasteiger partial charge in [0.1, 0.15) is 0 Å². The van der Waals surface area contributed by atoms with Crippen molar-refractivity contribution in [3.63, 3.8) is 0 Å². The predicted octanol–water partition coefficient (Wildman–Crippen LogP) is 1.70. The lowest BCUT2D eigenvalue weighted by molar-refractivity contribution is -0.134. The molecule has 0 saturated carbocycles. The molecule has 0 aromatic heterocycles. The molecule has 1 atom stereocenters. The number of thioether (sulfide) groups is 1. The number of benzene rings is 1. The van der Waals surface area contributed by atoms with E-state index in [1.54, 1.807) is 12.1 Å². The largest absolute Gasteiger partial charge is 0.481 e. The Morgan fingerprint density at radius 2 is 2.00 bits per heavy atom. The van der Waals surface area contributed by atoms with Crippen LogP contribution in [0.1, 0.15) is 18.9 Å². The van der Waals surface area contributed by atoms with Gasteiger partial charge in [-0.1, -0.05) is 19.1 Å². The highest BCUT2D eigenvalue weighted by molar-refractivity contribution is 8.01. The topological polar surface area (TPSA) is 74.7 Å². The maximum absolute atomic E-state index is 12.2. The molecule has 1 saturated heterocycles. The number of carboxylic acids is 1. The highest BCUT2D eigenvalue weighted by Crippen LogP contribution is 2.29. The quantitative estimate of drug-likeness (QED) is 0.836. The number of anilines is 1. The summed E-state index contributed by atoms with van der Waals surface area (Å²) in [4.78, 5) is 35.8. The number of carbonyl (C=O) groups is 3. The fourth-order valence-corrected chi connectivity index (χ4v) is 2.91. The zero-order valence-electron chi connectivity index (χ0n) is 11.0. The van der Waals surface area contributed by atoms with Crippen LogP contribution in [0.4, 0.5) is 5.69 Å². The molecule has 1 N–H and O–H groups in total. The van der Waals surface area contributed by atoms with E-state index in [1.165, 1.54) is 0 Å². The number of imide groups is 1. The molecule has 5 nitrogen and oxygen atoms in total. The third-order valence-electron chi connectivity index (χ3n) is 3.12. The Morgan fingerprint density at radius 1 is 1.35 bits per heavy atom. The Balaban J connectivity index is 2.13. The van der Waals surface area contributed by atoms with E-state index in [0.29, 0.717) is 5.69 Å². The number of rotatable bonds is 5. The van der Waals surface area contributed by atoms with Gasteiger partial charge in [-0.3, -0.25) is 14.4 Å². The maximum atomic E-state index is 12.2. The normalized spacial score (nSPS) is 18.6. The number of hydrogen-bond acceptors (Lipinski definition) is 4. The van der Waals surface area contributed by atoms with Gasteiger partial charge in [0.25, 0.3) is 0 Å². The first-order valence-corrected chi connectivity index (χ1v) is 7.37. The van der Waals surface area contributed by atoms with Crippen LogP contribution in [0, 0.1) is 0 Å². The third kappa shape index (κ3) is 3.01. The van der Waals surface area contributed by atoms with Crippen LogP contribution in [-0.2, 0) is 20.8 Å². The zero-order valence-corrected chi connectivity index (χ0v) is 11.9. The van der Waals surface area contributed by atoms with Crippen molar-refractivity contribution in [2.45, 2.75) is 25.0 Å². The van der Waals surface area contributed by atoms with Crippen LogP contribution in [-0.4, -0.2) is 33.9 Å². The standard InChI is InChI=1S/C14H15NO4S/c1-2-9-3-5-10(6-4-9)15-12(16)7-11(14(15)19)20-8-13(17)18/h3-6,11H,2,7-8H2,1H3,(H,17,18)/t11-/m0/s1. The highest BCUT2D eigenvalue weighted by atomic mass is 32.2. The molecule has 2 rings (SSSR count). The Hall–Kier alpha value is -1.82. The van der Waals surface area contributed by atoms with Crippen LogP contribution < -0.4 is 4.90 Å². The SMILES string of the molecule is CCc1ccc(N2C(=O)C[C@H](SCC(=O)O)C2=O)cc1. The first-order chi connectivity index (χ1) is 9.52. The molecule has 20 heavy (non-hydrogen) atoms. The lowest BCUT2D eigenvalue weighted by Gasteiger charge is -2.15. The van der Waals surface area contributed by atoms with Crippen LogP contribution >= 0.6 is 11.8 Å². The molecule has 6 heteroatoms. The molecule has 1 aliphatic heterocycles. The molecular formula is C14H15NO4S. The molecule has 1 aliphatic rings. The van der Waals surface area contributed by atoms with E-state index >= 15 is 0 Å². The van der Waals surface area contributed by atoms with Gasteiger partial charge >= 0.3 is 5.97 Å². The number of carbonyl (C=O) groups excluding carboxylic acids is 2. The summed E-state index contributed by atoms with van der Waals surface area (Å²) in [6.07, 6.45) is 0.950. The number of amides is 2. The average molecular weight is 293 g/mol. The highest BCUT2D eigenvalue weighted by Gasteiger charge is 2.39. The summed E-state index contributed by atoms with van der Waals surface area (Å²) in [5.74, 6) is -1.76. The van der Waals surface area contributed by atoms with Gasteiger partial charge in [0.05, 0.1) is 16.7 Å². The summed E-state index contributed by atoms with van der Waals surface area (Å²) in [5, 5.41) is 8.04. The monoisotopic (exact) mass is 293 g/mol. The smallest absolute Gasteiger partial charge is 0.313 e. The number of carboxylic acid groups (broad SMARTS) is 1. The van der Waals surface area contributed by atoms with E-state index in [-0.39, 0.29) is 24.0 Å². The molecule has 0 spiro atoms. The summed E-state index contributed by atoms with van der Waals surface area (Å²) in [6.45, 7) is 2.03. The zero-order chi connectivity index (χ0) is 14.7.